The Morgan fingerprint density at radius 2 is 1.46 bits per heavy atom. The molecule has 150 valence electrons. The number of carbonyl (C=O) groups excluding carboxylic acids is 1. The van der Waals surface area contributed by atoms with E-state index in [0.29, 0.717) is 23.3 Å². The second-order valence-corrected chi connectivity index (χ2v) is 11.3. The third kappa shape index (κ3) is 4.44. The van der Waals surface area contributed by atoms with Gasteiger partial charge in [0.25, 0.3) is 0 Å². The van der Waals surface area contributed by atoms with Crippen molar-refractivity contribution in [3.8, 4) is 0 Å². The Morgan fingerprint density at radius 1 is 0.923 bits per heavy atom. The van der Waals surface area contributed by atoms with Crippen LogP contribution in [-0.2, 0) is 4.79 Å². The fourth-order valence-corrected chi connectivity index (χ4v) is 5.03. The van der Waals surface area contributed by atoms with E-state index in [1.54, 1.807) is 0 Å². The molecule has 0 aromatic carbocycles. The summed E-state index contributed by atoms with van der Waals surface area (Å²) in [4.78, 5) is 19.9. The molecule has 3 rings (SSSR count). The first-order chi connectivity index (χ1) is 12.0. The molecule has 0 saturated carbocycles. The average molecular weight is 364 g/mol. The summed E-state index contributed by atoms with van der Waals surface area (Å²) < 4.78 is 0. The van der Waals surface area contributed by atoms with Gasteiger partial charge in [0.2, 0.25) is 5.91 Å². The Balaban J connectivity index is 1.40. The van der Waals surface area contributed by atoms with Gasteiger partial charge in [-0.1, -0.05) is 20.8 Å². The van der Waals surface area contributed by atoms with E-state index >= 15 is 0 Å². The second-order valence-electron chi connectivity index (χ2n) is 11.3. The topological polar surface area (TPSA) is 26.8 Å². The van der Waals surface area contributed by atoms with Crippen LogP contribution in [0.25, 0.3) is 0 Å². The van der Waals surface area contributed by atoms with Crippen LogP contribution in [-0.4, -0.2) is 72.0 Å². The van der Waals surface area contributed by atoms with Crippen LogP contribution in [0.5, 0.6) is 0 Å². The summed E-state index contributed by atoms with van der Waals surface area (Å²) in [6, 6.07) is 0. The van der Waals surface area contributed by atoms with Gasteiger partial charge in [0.1, 0.15) is 0 Å². The van der Waals surface area contributed by atoms with Crippen molar-refractivity contribution in [2.45, 2.75) is 72.8 Å². The smallest absolute Gasteiger partial charge is 0.236 e. The molecule has 0 aromatic rings. The van der Waals surface area contributed by atoms with Crippen LogP contribution in [0.4, 0.5) is 0 Å². The molecular formula is C22H41N3O. The minimum atomic E-state index is 0.289. The molecule has 0 radical (unpaired) electrons. The molecule has 0 aromatic heterocycles. The van der Waals surface area contributed by atoms with Gasteiger partial charge in [-0.25, -0.2) is 0 Å². The first-order valence-corrected chi connectivity index (χ1v) is 10.7. The van der Waals surface area contributed by atoms with Crippen LogP contribution in [0.1, 0.15) is 67.2 Å². The third-order valence-electron chi connectivity index (χ3n) is 7.35. The van der Waals surface area contributed by atoms with E-state index < -0.39 is 0 Å². The molecule has 3 aliphatic heterocycles. The first kappa shape index (κ1) is 20.1. The highest BCUT2D eigenvalue weighted by molar-refractivity contribution is 5.78. The summed E-state index contributed by atoms with van der Waals surface area (Å²) in [7, 11) is 0. The minimum Gasteiger partial charge on any atom is -0.342 e. The van der Waals surface area contributed by atoms with Gasteiger partial charge >= 0.3 is 0 Å². The minimum absolute atomic E-state index is 0.289. The van der Waals surface area contributed by atoms with Crippen LogP contribution in [0.2, 0.25) is 0 Å². The van der Waals surface area contributed by atoms with Crippen molar-refractivity contribution in [1.29, 1.82) is 0 Å². The Morgan fingerprint density at radius 3 is 1.92 bits per heavy atom. The lowest BCUT2D eigenvalue weighted by Gasteiger charge is -2.58. The number of likely N-dealkylation sites (tertiary alicyclic amines) is 3. The van der Waals surface area contributed by atoms with Crippen LogP contribution >= 0.6 is 0 Å². The summed E-state index contributed by atoms with van der Waals surface area (Å²) in [5.41, 5.74) is 1.19. The Labute approximate surface area is 161 Å². The molecule has 0 aliphatic carbocycles. The summed E-state index contributed by atoms with van der Waals surface area (Å²) >= 11 is 0. The molecule has 0 atom stereocenters. The third-order valence-corrected chi connectivity index (χ3v) is 7.35. The lowest BCUT2D eigenvalue weighted by molar-refractivity contribution is -0.140. The predicted octanol–water partition coefficient (Wildman–Crippen LogP) is 3.47. The van der Waals surface area contributed by atoms with Gasteiger partial charge in [0, 0.05) is 31.7 Å². The maximum absolute atomic E-state index is 12.8. The van der Waals surface area contributed by atoms with Gasteiger partial charge in [0.15, 0.2) is 0 Å². The lowest BCUT2D eigenvalue weighted by Crippen LogP contribution is -2.65. The van der Waals surface area contributed by atoms with Crippen LogP contribution in [0.15, 0.2) is 0 Å². The van der Waals surface area contributed by atoms with Crippen molar-refractivity contribution >= 4 is 5.91 Å². The molecule has 3 heterocycles. The van der Waals surface area contributed by atoms with E-state index in [1.807, 2.05) is 0 Å². The molecular weight excluding hydrogens is 322 g/mol. The largest absolute Gasteiger partial charge is 0.342 e. The van der Waals surface area contributed by atoms with E-state index in [4.69, 9.17) is 0 Å². The van der Waals surface area contributed by atoms with Crippen LogP contribution < -0.4 is 0 Å². The summed E-state index contributed by atoms with van der Waals surface area (Å²) in [5, 5.41) is 0. The number of hydrogen-bond acceptors (Lipinski definition) is 3. The highest BCUT2D eigenvalue weighted by Gasteiger charge is 2.48. The molecule has 0 unspecified atom stereocenters. The fourth-order valence-electron chi connectivity index (χ4n) is 5.03. The number of piperidine rings is 2. The standard InChI is InChI=1S/C22H41N3O/c1-20(2,3)18-7-11-23(12-8-18)15-19(26)24-13-9-22(10-14-24)16-25(17-22)21(4,5)6/h18H,7-17H2,1-6H3. The van der Waals surface area contributed by atoms with Gasteiger partial charge in [-0.05, 0) is 76.3 Å². The number of hydrogen-bond donors (Lipinski definition) is 0. The number of carbonyl (C=O) groups is 1. The second kappa shape index (κ2) is 7.09. The van der Waals surface area contributed by atoms with E-state index in [9.17, 15) is 4.79 Å². The average Bonchev–Trinajstić information content (AvgIpc) is 2.51. The van der Waals surface area contributed by atoms with Crippen molar-refractivity contribution < 1.29 is 4.79 Å². The molecule has 3 aliphatic rings. The molecule has 1 amide bonds. The van der Waals surface area contributed by atoms with Crippen molar-refractivity contribution in [3.63, 3.8) is 0 Å². The van der Waals surface area contributed by atoms with Crippen molar-refractivity contribution in [2.24, 2.45) is 16.7 Å². The maximum atomic E-state index is 12.8. The van der Waals surface area contributed by atoms with Crippen LogP contribution in [0.3, 0.4) is 0 Å². The molecule has 4 nitrogen and oxygen atoms in total. The molecule has 0 bridgehead atoms. The van der Waals surface area contributed by atoms with Gasteiger partial charge in [0.05, 0.1) is 6.54 Å². The van der Waals surface area contributed by atoms with E-state index in [0.717, 1.165) is 32.1 Å². The van der Waals surface area contributed by atoms with E-state index in [-0.39, 0.29) is 5.54 Å². The highest BCUT2D eigenvalue weighted by atomic mass is 16.2. The fraction of sp³-hybridized carbons (Fsp3) is 0.955. The molecule has 4 heteroatoms. The molecule has 0 N–H and O–H groups in total. The molecule has 1 spiro atoms. The predicted molar refractivity (Wildman–Crippen MR) is 108 cm³/mol. The highest BCUT2D eigenvalue weighted by Crippen LogP contribution is 2.43. The summed E-state index contributed by atoms with van der Waals surface area (Å²) in [5.74, 6) is 1.16. The molecule has 26 heavy (non-hydrogen) atoms. The zero-order valence-corrected chi connectivity index (χ0v) is 18.1. The Hall–Kier alpha value is -0.610. The SMILES string of the molecule is CC(C)(C)C1CCN(CC(=O)N2CCC3(CC2)CN(C(C)(C)C)C3)CC1. The first-order valence-electron chi connectivity index (χ1n) is 10.7. The van der Waals surface area contributed by atoms with E-state index in [1.165, 1.54) is 38.8 Å². The maximum Gasteiger partial charge on any atom is 0.236 e. The van der Waals surface area contributed by atoms with Crippen molar-refractivity contribution in [2.75, 3.05) is 45.8 Å². The van der Waals surface area contributed by atoms with Crippen molar-refractivity contribution in [3.05, 3.63) is 0 Å². The van der Waals surface area contributed by atoms with Crippen LogP contribution in [0, 0.1) is 16.7 Å². The van der Waals surface area contributed by atoms with Crippen molar-refractivity contribution in [1.82, 2.24) is 14.7 Å². The summed E-state index contributed by atoms with van der Waals surface area (Å²) in [6.45, 7) is 21.2. The van der Waals surface area contributed by atoms with Gasteiger partial charge < -0.3 is 4.90 Å². The molecule has 3 saturated heterocycles. The zero-order chi connectivity index (χ0) is 19.2. The number of rotatable bonds is 2. The lowest BCUT2D eigenvalue weighted by atomic mass is 9.70. The van der Waals surface area contributed by atoms with Gasteiger partial charge in [-0.3, -0.25) is 14.6 Å². The van der Waals surface area contributed by atoms with Gasteiger partial charge in [-0.2, -0.15) is 0 Å². The Bertz CT molecular complexity index is 492. The quantitative estimate of drug-likeness (QED) is 0.752. The van der Waals surface area contributed by atoms with Gasteiger partial charge in [-0.15, -0.1) is 0 Å². The Kier molecular flexibility index (Phi) is 5.49. The number of amides is 1. The number of nitrogens with zero attached hydrogens (tertiary/aromatic N) is 3. The molecule has 3 fully saturated rings. The normalized spacial score (nSPS) is 26.2. The zero-order valence-electron chi connectivity index (χ0n) is 18.1. The van der Waals surface area contributed by atoms with E-state index in [2.05, 4.69) is 56.2 Å². The summed E-state index contributed by atoms with van der Waals surface area (Å²) in [6.07, 6.45) is 4.86. The monoisotopic (exact) mass is 363 g/mol.